The molecule has 0 spiro atoms. The zero-order valence-electron chi connectivity index (χ0n) is 13.5. The molecule has 1 atom stereocenters. The Bertz CT molecular complexity index is 838. The van der Waals surface area contributed by atoms with E-state index in [1.165, 1.54) is 29.5 Å². The molecule has 0 bridgehead atoms. The van der Waals surface area contributed by atoms with Crippen LogP contribution in [0.15, 0.2) is 34.0 Å². The summed E-state index contributed by atoms with van der Waals surface area (Å²) in [6, 6.07) is 3.78. The number of nitrogens with zero attached hydrogens (tertiary/aromatic N) is 2. The number of fused-ring (bicyclic) bond motifs is 1. The summed E-state index contributed by atoms with van der Waals surface area (Å²) in [6.45, 7) is 1.80. The summed E-state index contributed by atoms with van der Waals surface area (Å²) in [7, 11) is 0. The van der Waals surface area contributed by atoms with Crippen LogP contribution in [0.1, 0.15) is 12.1 Å². The third-order valence-electron chi connectivity index (χ3n) is 3.69. The fourth-order valence-electron chi connectivity index (χ4n) is 2.59. The number of nitrogens with one attached hydrogen (secondary N) is 1. The Kier molecular flexibility index (Phi) is 5.24. The average molecular weight is 401 g/mol. The molecule has 0 fully saturated rings. The van der Waals surface area contributed by atoms with E-state index >= 15 is 0 Å². The highest BCUT2D eigenvalue weighted by Gasteiger charge is 2.48. The Morgan fingerprint density at radius 3 is 2.81 bits per heavy atom. The van der Waals surface area contributed by atoms with Gasteiger partial charge in [-0.15, -0.1) is 11.3 Å². The topological polar surface area (TPSA) is 62.3 Å². The number of hydrogen-bond donors (Lipinski definition) is 1. The highest BCUT2D eigenvalue weighted by Crippen LogP contribution is 2.38. The Balaban J connectivity index is 1.93. The summed E-state index contributed by atoms with van der Waals surface area (Å²) in [6.07, 6.45) is -5.57. The molecule has 2 amide bonds. The Morgan fingerprint density at radius 1 is 1.42 bits per heavy atom. The van der Waals surface area contributed by atoms with Crippen molar-refractivity contribution in [3.8, 4) is 0 Å². The second kappa shape index (κ2) is 7.28. The predicted octanol–water partition coefficient (Wildman–Crippen LogP) is 3.85. The van der Waals surface area contributed by atoms with Gasteiger partial charge in [-0.2, -0.15) is 13.2 Å². The number of thioether (sulfide) groups is 1. The van der Waals surface area contributed by atoms with Crippen molar-refractivity contribution in [3.63, 3.8) is 0 Å². The second-order valence-electron chi connectivity index (χ2n) is 5.63. The van der Waals surface area contributed by atoms with Gasteiger partial charge >= 0.3 is 6.18 Å². The number of rotatable bonds is 3. The summed E-state index contributed by atoms with van der Waals surface area (Å²) in [5.74, 6) is -1.71. The second-order valence-corrected chi connectivity index (χ2v) is 7.71. The first kappa shape index (κ1) is 18.7. The standard InChI is InChI=1S/C16H14F3N3O2S2/c1-9-7-25-15(20-9)26-8-14(24)22-11-5-3-2-4-10(11)21-13(23)6-12(22)16(17,18)19/h2-5,7,12H,6,8H2,1H3,(H,21,23)/t12-/m0/s1. The van der Waals surface area contributed by atoms with Crippen LogP contribution in [0, 0.1) is 6.92 Å². The lowest BCUT2D eigenvalue weighted by Gasteiger charge is -2.31. The van der Waals surface area contributed by atoms with Crippen LogP contribution in [0.5, 0.6) is 0 Å². The maximum atomic E-state index is 13.6. The van der Waals surface area contributed by atoms with Crippen LogP contribution in [0.3, 0.4) is 0 Å². The van der Waals surface area contributed by atoms with Crippen LogP contribution in [0.4, 0.5) is 24.5 Å². The van der Waals surface area contributed by atoms with Crippen molar-refractivity contribution >= 4 is 46.3 Å². The van der Waals surface area contributed by atoms with Crippen LogP contribution in [-0.2, 0) is 9.59 Å². The third-order valence-corrected chi connectivity index (χ3v) is 5.82. The van der Waals surface area contributed by atoms with E-state index < -0.39 is 30.5 Å². The Hall–Kier alpha value is -2.07. The molecule has 1 aromatic heterocycles. The monoisotopic (exact) mass is 401 g/mol. The van der Waals surface area contributed by atoms with E-state index in [1.54, 1.807) is 18.4 Å². The molecule has 1 aliphatic rings. The molecule has 0 aliphatic carbocycles. The molecule has 0 saturated carbocycles. The highest BCUT2D eigenvalue weighted by atomic mass is 32.2. The zero-order valence-corrected chi connectivity index (χ0v) is 15.2. The van der Waals surface area contributed by atoms with E-state index in [9.17, 15) is 22.8 Å². The lowest BCUT2D eigenvalue weighted by atomic mass is 10.1. The summed E-state index contributed by atoms with van der Waals surface area (Å²) in [5.41, 5.74) is 1.02. The number of halogens is 3. The van der Waals surface area contributed by atoms with E-state index in [0.29, 0.717) is 9.24 Å². The molecule has 5 nitrogen and oxygen atoms in total. The molecular weight excluding hydrogens is 387 g/mol. The number of alkyl halides is 3. The number of anilines is 2. The van der Waals surface area contributed by atoms with Gasteiger partial charge in [0.15, 0.2) is 4.34 Å². The van der Waals surface area contributed by atoms with Crippen molar-refractivity contribution in [2.45, 2.75) is 29.9 Å². The van der Waals surface area contributed by atoms with Crippen molar-refractivity contribution in [1.29, 1.82) is 0 Å². The number of benzene rings is 1. The zero-order chi connectivity index (χ0) is 18.9. The molecule has 3 rings (SSSR count). The highest BCUT2D eigenvalue weighted by molar-refractivity contribution is 8.01. The molecular formula is C16H14F3N3O2S2. The Morgan fingerprint density at radius 2 is 2.15 bits per heavy atom. The molecule has 26 heavy (non-hydrogen) atoms. The van der Waals surface area contributed by atoms with Crippen molar-refractivity contribution < 1.29 is 22.8 Å². The number of amides is 2. The minimum Gasteiger partial charge on any atom is -0.324 e. The van der Waals surface area contributed by atoms with Crippen LogP contribution < -0.4 is 10.2 Å². The van der Waals surface area contributed by atoms with E-state index in [-0.39, 0.29) is 17.1 Å². The molecule has 0 radical (unpaired) electrons. The summed E-state index contributed by atoms with van der Waals surface area (Å²) in [5, 5.41) is 4.24. The number of para-hydroxylation sites is 2. The summed E-state index contributed by atoms with van der Waals surface area (Å²) >= 11 is 2.41. The van der Waals surface area contributed by atoms with Gasteiger partial charge in [-0.25, -0.2) is 4.98 Å². The van der Waals surface area contributed by atoms with Crippen molar-refractivity contribution in [3.05, 3.63) is 35.3 Å². The third kappa shape index (κ3) is 4.01. The van der Waals surface area contributed by atoms with Crippen LogP contribution in [0.25, 0.3) is 0 Å². The van der Waals surface area contributed by atoms with Crippen LogP contribution in [-0.4, -0.2) is 34.8 Å². The fourth-order valence-corrected chi connectivity index (χ4v) is 4.30. The van der Waals surface area contributed by atoms with E-state index in [2.05, 4.69) is 10.3 Å². The van der Waals surface area contributed by atoms with Gasteiger partial charge in [-0.1, -0.05) is 23.9 Å². The minimum atomic E-state index is -4.73. The smallest absolute Gasteiger partial charge is 0.324 e. The van der Waals surface area contributed by atoms with Gasteiger partial charge in [-0.3, -0.25) is 14.5 Å². The maximum Gasteiger partial charge on any atom is 0.409 e. The number of carbonyl (C=O) groups excluding carboxylic acids is 2. The van der Waals surface area contributed by atoms with Gasteiger partial charge in [0.1, 0.15) is 6.04 Å². The predicted molar refractivity (Wildman–Crippen MR) is 94.6 cm³/mol. The van der Waals surface area contributed by atoms with Gasteiger partial charge in [0.05, 0.1) is 23.5 Å². The van der Waals surface area contributed by atoms with E-state index in [4.69, 9.17) is 0 Å². The van der Waals surface area contributed by atoms with Crippen LogP contribution >= 0.6 is 23.1 Å². The van der Waals surface area contributed by atoms with E-state index in [1.807, 2.05) is 0 Å². The number of thiazole rings is 1. The van der Waals surface area contributed by atoms with Gasteiger partial charge in [0.2, 0.25) is 11.8 Å². The molecule has 0 saturated heterocycles. The van der Waals surface area contributed by atoms with E-state index in [0.717, 1.165) is 17.5 Å². The number of carbonyl (C=O) groups is 2. The molecule has 1 N–H and O–H groups in total. The van der Waals surface area contributed by atoms with Crippen molar-refractivity contribution in [2.24, 2.45) is 0 Å². The first-order valence-electron chi connectivity index (χ1n) is 7.58. The van der Waals surface area contributed by atoms with Gasteiger partial charge in [0.25, 0.3) is 0 Å². The first-order valence-corrected chi connectivity index (χ1v) is 9.45. The fraction of sp³-hybridized carbons (Fsp3) is 0.312. The minimum absolute atomic E-state index is 0.0431. The Labute approximate surface area is 155 Å². The molecule has 1 aliphatic heterocycles. The molecule has 2 heterocycles. The quantitative estimate of drug-likeness (QED) is 0.794. The summed E-state index contributed by atoms with van der Waals surface area (Å²) in [4.78, 5) is 29.5. The first-order chi connectivity index (χ1) is 12.3. The van der Waals surface area contributed by atoms with Gasteiger partial charge in [-0.05, 0) is 19.1 Å². The van der Waals surface area contributed by atoms with Gasteiger partial charge < -0.3 is 5.32 Å². The molecule has 2 aromatic rings. The maximum absolute atomic E-state index is 13.6. The lowest BCUT2D eigenvalue weighted by Crippen LogP contribution is -2.50. The average Bonchev–Trinajstić information content (AvgIpc) is 2.90. The van der Waals surface area contributed by atoms with Crippen molar-refractivity contribution in [1.82, 2.24) is 4.98 Å². The molecule has 0 unspecified atom stereocenters. The number of hydrogen-bond acceptors (Lipinski definition) is 5. The number of aromatic nitrogens is 1. The summed E-state index contributed by atoms with van der Waals surface area (Å²) < 4.78 is 41.3. The molecule has 10 heteroatoms. The SMILES string of the molecule is Cc1csc(SCC(=O)N2c3ccccc3NC(=O)C[C@H]2C(F)(F)F)n1. The lowest BCUT2D eigenvalue weighted by molar-refractivity contribution is -0.157. The molecule has 1 aromatic carbocycles. The van der Waals surface area contributed by atoms with Gasteiger partial charge in [0, 0.05) is 11.1 Å². The normalized spacial score (nSPS) is 17.5. The number of aryl methyl sites for hydroxylation is 1. The largest absolute Gasteiger partial charge is 0.409 e. The molecule has 138 valence electrons. The van der Waals surface area contributed by atoms with Crippen LogP contribution in [0.2, 0.25) is 0 Å². The van der Waals surface area contributed by atoms with Crippen molar-refractivity contribution in [2.75, 3.05) is 16.0 Å².